The third-order valence-electron chi connectivity index (χ3n) is 4.22. The fourth-order valence-electron chi connectivity index (χ4n) is 2.85. The van der Waals surface area contributed by atoms with Crippen LogP contribution in [0.1, 0.15) is 30.1 Å². The molecule has 1 saturated carbocycles. The molecule has 0 bridgehead atoms. The van der Waals surface area contributed by atoms with Crippen LogP contribution in [0.25, 0.3) is 22.0 Å². The summed E-state index contributed by atoms with van der Waals surface area (Å²) in [5.74, 6) is 7.00. The Morgan fingerprint density at radius 2 is 1.91 bits per heavy atom. The molecular weight excluding hydrogens is 274 g/mol. The van der Waals surface area contributed by atoms with Crippen LogP contribution >= 0.6 is 0 Å². The van der Waals surface area contributed by atoms with Crippen LogP contribution in [-0.2, 0) is 0 Å². The summed E-state index contributed by atoms with van der Waals surface area (Å²) in [5, 5.41) is 0.575. The predicted octanol–water partition coefficient (Wildman–Crippen LogP) is 2.96. The molecule has 2 N–H and O–H groups in total. The number of hydrogen-bond donors (Lipinski definition) is 1. The molecule has 2 aromatic carbocycles. The van der Waals surface area contributed by atoms with Gasteiger partial charge in [0.1, 0.15) is 5.82 Å². The van der Waals surface area contributed by atoms with Gasteiger partial charge in [0.25, 0.3) is 5.56 Å². The van der Waals surface area contributed by atoms with E-state index in [1.54, 1.807) is 0 Å². The average molecular weight is 291 g/mol. The second kappa shape index (κ2) is 4.70. The Morgan fingerprint density at radius 1 is 1.14 bits per heavy atom. The average Bonchev–Trinajstić information content (AvgIpc) is 3.35. The molecule has 1 aliphatic carbocycles. The number of hydrogen-bond acceptors (Lipinski definition) is 3. The number of nitrogen functional groups attached to an aromatic ring is 1. The number of benzene rings is 2. The van der Waals surface area contributed by atoms with E-state index in [0.29, 0.717) is 17.1 Å². The molecule has 4 rings (SSSR count). The Morgan fingerprint density at radius 3 is 2.64 bits per heavy atom. The Balaban J connectivity index is 1.92. The lowest BCUT2D eigenvalue weighted by Crippen LogP contribution is -2.31. The van der Waals surface area contributed by atoms with Crippen molar-refractivity contribution in [2.75, 3.05) is 5.84 Å². The van der Waals surface area contributed by atoms with Crippen LogP contribution in [0.15, 0.2) is 47.3 Å². The highest BCUT2D eigenvalue weighted by molar-refractivity contribution is 5.84. The van der Waals surface area contributed by atoms with Gasteiger partial charge in [0.05, 0.1) is 10.9 Å². The lowest BCUT2D eigenvalue weighted by molar-refractivity contribution is 0.791. The topological polar surface area (TPSA) is 60.9 Å². The van der Waals surface area contributed by atoms with Crippen LogP contribution in [0.2, 0.25) is 0 Å². The third-order valence-corrected chi connectivity index (χ3v) is 4.22. The number of fused-ring (bicyclic) bond motifs is 1. The van der Waals surface area contributed by atoms with Gasteiger partial charge in [-0.25, -0.2) is 9.66 Å². The number of rotatable bonds is 2. The molecule has 1 heterocycles. The number of nitrogens with zero attached hydrogens (tertiary/aromatic N) is 2. The second-order valence-electron chi connectivity index (χ2n) is 6.02. The van der Waals surface area contributed by atoms with E-state index in [1.165, 1.54) is 10.2 Å². The first kappa shape index (κ1) is 13.1. The van der Waals surface area contributed by atoms with Crippen molar-refractivity contribution in [2.24, 2.45) is 0 Å². The van der Waals surface area contributed by atoms with Crippen molar-refractivity contribution in [1.29, 1.82) is 0 Å². The van der Waals surface area contributed by atoms with E-state index in [9.17, 15) is 4.79 Å². The van der Waals surface area contributed by atoms with Crippen molar-refractivity contribution in [3.63, 3.8) is 0 Å². The summed E-state index contributed by atoms with van der Waals surface area (Å²) in [7, 11) is 0. The van der Waals surface area contributed by atoms with Crippen LogP contribution in [0.4, 0.5) is 0 Å². The molecule has 0 saturated heterocycles. The van der Waals surface area contributed by atoms with Gasteiger partial charge in [-0.05, 0) is 43.0 Å². The van der Waals surface area contributed by atoms with Crippen LogP contribution in [0.3, 0.4) is 0 Å². The zero-order chi connectivity index (χ0) is 15.3. The minimum atomic E-state index is -0.165. The monoisotopic (exact) mass is 291 g/mol. The van der Waals surface area contributed by atoms with E-state index in [0.717, 1.165) is 29.5 Å². The van der Waals surface area contributed by atoms with Crippen molar-refractivity contribution >= 4 is 10.9 Å². The fraction of sp³-hybridized carbons (Fsp3) is 0.222. The molecule has 0 radical (unpaired) electrons. The number of aryl methyl sites for hydroxylation is 1. The molecule has 1 fully saturated rings. The second-order valence-corrected chi connectivity index (χ2v) is 6.02. The van der Waals surface area contributed by atoms with Crippen LogP contribution in [-0.4, -0.2) is 9.66 Å². The Kier molecular flexibility index (Phi) is 2.79. The largest absolute Gasteiger partial charge is 0.335 e. The summed E-state index contributed by atoms with van der Waals surface area (Å²) in [4.78, 5) is 17.1. The number of nitrogens with two attached hydrogens (primary N) is 1. The van der Waals surface area contributed by atoms with Crippen molar-refractivity contribution in [3.8, 4) is 11.1 Å². The molecule has 0 unspecified atom stereocenters. The lowest BCUT2D eigenvalue weighted by atomic mass is 10.0. The van der Waals surface area contributed by atoms with Crippen LogP contribution in [0.5, 0.6) is 0 Å². The van der Waals surface area contributed by atoms with Crippen LogP contribution in [0, 0.1) is 6.92 Å². The highest BCUT2D eigenvalue weighted by Crippen LogP contribution is 2.38. The van der Waals surface area contributed by atoms with Crippen molar-refractivity contribution < 1.29 is 0 Å². The standard InChI is InChI=1S/C18H17N3O/c1-11-3-2-4-13(9-11)14-7-8-16-15(10-14)18(22)21(19)17(20-16)12-5-6-12/h2-4,7-10,12H,5-6,19H2,1H3. The molecule has 1 aromatic heterocycles. The van der Waals surface area contributed by atoms with E-state index < -0.39 is 0 Å². The first-order valence-corrected chi connectivity index (χ1v) is 7.52. The summed E-state index contributed by atoms with van der Waals surface area (Å²) in [6.45, 7) is 2.06. The van der Waals surface area contributed by atoms with Gasteiger partial charge in [0.2, 0.25) is 0 Å². The Bertz CT molecular complexity index is 939. The van der Waals surface area contributed by atoms with E-state index in [1.807, 2.05) is 30.3 Å². The smallest absolute Gasteiger partial charge is 0.279 e. The van der Waals surface area contributed by atoms with Gasteiger partial charge >= 0.3 is 0 Å². The molecule has 0 atom stereocenters. The number of aromatic nitrogens is 2. The van der Waals surface area contributed by atoms with E-state index >= 15 is 0 Å². The van der Waals surface area contributed by atoms with Gasteiger partial charge in [-0.3, -0.25) is 4.79 Å². The van der Waals surface area contributed by atoms with Crippen LogP contribution < -0.4 is 11.4 Å². The van der Waals surface area contributed by atoms with E-state index in [-0.39, 0.29) is 5.56 Å². The molecule has 4 nitrogen and oxygen atoms in total. The fourth-order valence-corrected chi connectivity index (χ4v) is 2.85. The molecule has 1 aliphatic rings. The normalized spacial score (nSPS) is 14.4. The molecular formula is C18H17N3O. The van der Waals surface area contributed by atoms with Gasteiger partial charge in [-0.2, -0.15) is 0 Å². The first-order chi connectivity index (χ1) is 10.6. The minimum Gasteiger partial charge on any atom is -0.335 e. The quantitative estimate of drug-likeness (QED) is 0.738. The summed E-state index contributed by atoms with van der Waals surface area (Å²) in [6, 6.07) is 14.0. The molecule has 4 heteroatoms. The lowest BCUT2D eigenvalue weighted by Gasteiger charge is -2.09. The van der Waals surface area contributed by atoms with Gasteiger partial charge < -0.3 is 5.84 Å². The predicted molar refractivity (Wildman–Crippen MR) is 88.3 cm³/mol. The summed E-state index contributed by atoms with van der Waals surface area (Å²) in [5.41, 5.74) is 3.85. The maximum Gasteiger partial charge on any atom is 0.279 e. The van der Waals surface area contributed by atoms with Gasteiger partial charge in [-0.15, -0.1) is 0 Å². The maximum absolute atomic E-state index is 12.5. The van der Waals surface area contributed by atoms with Gasteiger partial charge in [-0.1, -0.05) is 35.9 Å². The van der Waals surface area contributed by atoms with Crippen molar-refractivity contribution in [2.45, 2.75) is 25.7 Å². The molecule has 0 amide bonds. The van der Waals surface area contributed by atoms with E-state index in [2.05, 4.69) is 24.0 Å². The zero-order valence-corrected chi connectivity index (χ0v) is 12.4. The summed E-state index contributed by atoms with van der Waals surface area (Å²) >= 11 is 0. The molecule has 0 aliphatic heterocycles. The molecule has 110 valence electrons. The summed E-state index contributed by atoms with van der Waals surface area (Å²) in [6.07, 6.45) is 2.13. The first-order valence-electron chi connectivity index (χ1n) is 7.52. The molecule has 3 aromatic rings. The van der Waals surface area contributed by atoms with Crippen molar-refractivity contribution in [1.82, 2.24) is 9.66 Å². The Labute approximate surface area is 128 Å². The Hall–Kier alpha value is -2.62. The van der Waals surface area contributed by atoms with Crippen molar-refractivity contribution in [3.05, 3.63) is 64.2 Å². The maximum atomic E-state index is 12.5. The molecule has 22 heavy (non-hydrogen) atoms. The SMILES string of the molecule is Cc1cccc(-c2ccc3nc(C4CC4)n(N)c(=O)c3c2)c1. The van der Waals surface area contributed by atoms with Gasteiger partial charge in [0, 0.05) is 5.92 Å². The van der Waals surface area contributed by atoms with Gasteiger partial charge in [0.15, 0.2) is 0 Å². The van der Waals surface area contributed by atoms with E-state index in [4.69, 9.17) is 5.84 Å². The molecule has 0 spiro atoms. The minimum absolute atomic E-state index is 0.165. The highest BCUT2D eigenvalue weighted by atomic mass is 16.1. The highest BCUT2D eigenvalue weighted by Gasteiger charge is 2.28. The zero-order valence-electron chi connectivity index (χ0n) is 12.4. The third kappa shape index (κ3) is 2.08. The summed E-state index contributed by atoms with van der Waals surface area (Å²) < 4.78 is 1.22.